The summed E-state index contributed by atoms with van der Waals surface area (Å²) in [5.74, 6) is -1.26. The zero-order valence-electron chi connectivity index (χ0n) is 24.1. The van der Waals surface area contributed by atoms with E-state index in [9.17, 15) is 19.2 Å². The lowest BCUT2D eigenvalue weighted by Crippen LogP contribution is -2.55. The molecule has 0 bridgehead atoms. The average Bonchev–Trinajstić information content (AvgIpc) is 3.41. The number of amides is 2. The topological polar surface area (TPSA) is 127 Å². The van der Waals surface area contributed by atoms with Crippen molar-refractivity contribution in [3.05, 3.63) is 47.9 Å². The molecule has 2 amide bonds. The molecule has 3 heterocycles. The highest BCUT2D eigenvalue weighted by atomic mass is 19.1. The van der Waals surface area contributed by atoms with Crippen LogP contribution < -0.4 is 19.4 Å². The molecule has 2 aliphatic heterocycles. The van der Waals surface area contributed by atoms with Gasteiger partial charge in [0.25, 0.3) is 5.91 Å². The number of likely N-dealkylation sites (tertiary alicyclic amines) is 1. The summed E-state index contributed by atoms with van der Waals surface area (Å²) < 4.78 is 26.3. The lowest BCUT2D eigenvalue weighted by atomic mass is 10.1. The molecule has 0 spiro atoms. The average molecular weight is 579 g/mol. The van der Waals surface area contributed by atoms with Gasteiger partial charge in [0.05, 0.1) is 25.6 Å². The van der Waals surface area contributed by atoms with Crippen molar-refractivity contribution in [2.75, 3.05) is 56.9 Å². The number of hydrogen-bond donors (Lipinski definition) is 0. The summed E-state index contributed by atoms with van der Waals surface area (Å²) in [4.78, 5) is 41.2. The SMILES string of the molecule is C=CC(=O)N1CCN(c2nc(OC[C@@H]3CCCN3C)nc(C(=O)N(N=C)c3c(F)cccc3OC)c2C)CC1CC#N. The highest BCUT2D eigenvalue weighted by Gasteiger charge is 2.34. The molecule has 1 unspecified atom stereocenters. The molecule has 1 aromatic heterocycles. The van der Waals surface area contributed by atoms with E-state index in [1.807, 2.05) is 11.9 Å². The van der Waals surface area contributed by atoms with Crippen molar-refractivity contribution in [1.82, 2.24) is 19.8 Å². The number of hydrogen-bond acceptors (Lipinski definition) is 10. The molecule has 2 atom stereocenters. The summed E-state index contributed by atoms with van der Waals surface area (Å²) in [5, 5.41) is 14.1. The third kappa shape index (κ3) is 6.18. The predicted octanol–water partition coefficient (Wildman–Crippen LogP) is 2.79. The second kappa shape index (κ2) is 13.4. The van der Waals surface area contributed by atoms with Gasteiger partial charge in [-0.05, 0) is 51.6 Å². The number of nitriles is 1. The Balaban J connectivity index is 1.75. The molecule has 12 nitrogen and oxygen atoms in total. The van der Waals surface area contributed by atoms with Gasteiger partial charge < -0.3 is 24.2 Å². The molecule has 2 saturated heterocycles. The molecule has 13 heteroatoms. The number of piperazine rings is 1. The first kappa shape index (κ1) is 30.4. The smallest absolute Gasteiger partial charge is 0.319 e. The molecular formula is C29H35FN8O4. The Morgan fingerprint density at radius 2 is 2.07 bits per heavy atom. The molecular weight excluding hydrogens is 543 g/mol. The Morgan fingerprint density at radius 3 is 2.71 bits per heavy atom. The fraction of sp³-hybridized carbons (Fsp3) is 0.448. The zero-order chi connectivity index (χ0) is 30.4. The van der Waals surface area contributed by atoms with E-state index in [0.29, 0.717) is 31.1 Å². The van der Waals surface area contributed by atoms with E-state index in [0.717, 1.165) is 24.4 Å². The quantitative estimate of drug-likeness (QED) is 0.238. The number of para-hydroxylation sites is 1. The maximum absolute atomic E-state index is 15.0. The fourth-order valence-electron chi connectivity index (χ4n) is 5.36. The van der Waals surface area contributed by atoms with Crippen LogP contribution in [0.2, 0.25) is 0 Å². The molecule has 2 aromatic rings. The summed E-state index contributed by atoms with van der Waals surface area (Å²) in [7, 11) is 3.38. The summed E-state index contributed by atoms with van der Waals surface area (Å²) in [6.45, 7) is 11.0. The van der Waals surface area contributed by atoms with E-state index in [2.05, 4.69) is 39.3 Å². The van der Waals surface area contributed by atoms with E-state index < -0.39 is 17.8 Å². The lowest BCUT2D eigenvalue weighted by molar-refractivity contribution is -0.128. The van der Waals surface area contributed by atoms with Crippen LogP contribution in [0.5, 0.6) is 11.8 Å². The van der Waals surface area contributed by atoms with Gasteiger partial charge in [-0.3, -0.25) is 9.59 Å². The Morgan fingerprint density at radius 1 is 1.29 bits per heavy atom. The number of ether oxygens (including phenoxy) is 2. The van der Waals surface area contributed by atoms with Crippen LogP contribution in [0.15, 0.2) is 36.0 Å². The first-order chi connectivity index (χ1) is 20.2. The highest BCUT2D eigenvalue weighted by Crippen LogP contribution is 2.34. The Bertz CT molecular complexity index is 1400. The number of hydrazone groups is 1. The summed E-state index contributed by atoms with van der Waals surface area (Å²) in [5.41, 5.74) is 0.127. The number of anilines is 2. The summed E-state index contributed by atoms with van der Waals surface area (Å²) >= 11 is 0. The van der Waals surface area contributed by atoms with Crippen molar-refractivity contribution < 1.29 is 23.5 Å². The van der Waals surface area contributed by atoms with Gasteiger partial charge in [0.1, 0.15) is 29.6 Å². The van der Waals surface area contributed by atoms with Crippen molar-refractivity contribution in [3.63, 3.8) is 0 Å². The first-order valence-corrected chi connectivity index (χ1v) is 13.6. The molecule has 2 fully saturated rings. The molecule has 222 valence electrons. The molecule has 0 N–H and O–H groups in total. The van der Waals surface area contributed by atoms with Crippen LogP contribution in [0.3, 0.4) is 0 Å². The Labute approximate surface area is 244 Å². The monoisotopic (exact) mass is 578 g/mol. The van der Waals surface area contributed by atoms with Gasteiger partial charge in [0.15, 0.2) is 5.82 Å². The van der Waals surface area contributed by atoms with Crippen molar-refractivity contribution >= 4 is 30.0 Å². The minimum Gasteiger partial charge on any atom is -0.494 e. The maximum Gasteiger partial charge on any atom is 0.319 e. The number of aromatic nitrogens is 2. The minimum absolute atomic E-state index is 0.0230. The van der Waals surface area contributed by atoms with Crippen LogP contribution in [0.25, 0.3) is 0 Å². The van der Waals surface area contributed by atoms with Gasteiger partial charge in [-0.2, -0.15) is 25.3 Å². The molecule has 0 aliphatic carbocycles. The second-order valence-corrected chi connectivity index (χ2v) is 10.1. The van der Waals surface area contributed by atoms with Gasteiger partial charge in [0.2, 0.25) is 5.91 Å². The molecule has 2 aliphatic rings. The van der Waals surface area contributed by atoms with Crippen LogP contribution in [0.4, 0.5) is 15.9 Å². The first-order valence-electron chi connectivity index (χ1n) is 13.6. The summed E-state index contributed by atoms with van der Waals surface area (Å²) in [6.07, 6.45) is 3.33. The van der Waals surface area contributed by atoms with Gasteiger partial charge in [-0.25, -0.2) is 4.39 Å². The van der Waals surface area contributed by atoms with Gasteiger partial charge in [-0.1, -0.05) is 12.6 Å². The van der Waals surface area contributed by atoms with E-state index in [4.69, 9.17) is 9.47 Å². The number of carbonyl (C=O) groups excluding carboxylic acids is 2. The van der Waals surface area contributed by atoms with Crippen molar-refractivity contribution in [2.24, 2.45) is 5.10 Å². The van der Waals surface area contributed by atoms with E-state index in [1.165, 1.54) is 31.4 Å². The van der Waals surface area contributed by atoms with E-state index >= 15 is 0 Å². The van der Waals surface area contributed by atoms with Crippen molar-refractivity contribution in [3.8, 4) is 17.8 Å². The fourth-order valence-corrected chi connectivity index (χ4v) is 5.36. The maximum atomic E-state index is 15.0. The van der Waals surface area contributed by atoms with Crippen LogP contribution in [0, 0.1) is 24.1 Å². The van der Waals surface area contributed by atoms with Crippen molar-refractivity contribution in [1.29, 1.82) is 5.26 Å². The van der Waals surface area contributed by atoms with E-state index in [1.54, 1.807) is 11.8 Å². The highest BCUT2D eigenvalue weighted by molar-refractivity contribution is 6.07. The normalized spacial score (nSPS) is 18.7. The van der Waals surface area contributed by atoms with Crippen LogP contribution in [-0.4, -0.2) is 97.3 Å². The van der Waals surface area contributed by atoms with Gasteiger partial charge >= 0.3 is 6.01 Å². The van der Waals surface area contributed by atoms with Crippen LogP contribution >= 0.6 is 0 Å². The zero-order valence-corrected chi connectivity index (χ0v) is 24.1. The Kier molecular flexibility index (Phi) is 9.69. The van der Waals surface area contributed by atoms with Gasteiger partial charge in [-0.15, -0.1) is 0 Å². The van der Waals surface area contributed by atoms with Gasteiger partial charge in [0, 0.05) is 38.0 Å². The Hall–Kier alpha value is -4.57. The lowest BCUT2D eigenvalue weighted by Gasteiger charge is -2.41. The predicted molar refractivity (Wildman–Crippen MR) is 155 cm³/mol. The summed E-state index contributed by atoms with van der Waals surface area (Å²) in [6, 6.07) is 6.02. The minimum atomic E-state index is -0.758. The number of rotatable bonds is 10. The van der Waals surface area contributed by atoms with Crippen LogP contribution in [-0.2, 0) is 4.79 Å². The molecule has 1 aromatic carbocycles. The number of methoxy groups -OCH3 is 1. The molecule has 42 heavy (non-hydrogen) atoms. The number of likely N-dealkylation sites (N-methyl/N-ethyl adjacent to an activating group) is 1. The third-order valence-electron chi connectivity index (χ3n) is 7.66. The number of halogens is 1. The number of nitrogens with zero attached hydrogens (tertiary/aromatic N) is 8. The number of benzene rings is 1. The standard InChI is InChI=1S/C29H35FN8O4/c1-6-24(39)37-16-15-36(17-20(37)12-13-31)27-19(2)25(33-29(34-27)42-18-21-9-8-14-35(21)4)28(40)38(32-3)26-22(30)10-7-11-23(26)41-5/h6-7,10-11,20-21H,1,3,8-9,12,14-18H2,2,4-5H3/t20?,21-/m0/s1. The number of carbonyl (C=O) groups is 2. The molecule has 0 radical (unpaired) electrons. The van der Waals surface area contributed by atoms with Crippen molar-refractivity contribution in [2.45, 2.75) is 38.3 Å². The third-order valence-corrected chi connectivity index (χ3v) is 7.66. The molecule has 0 saturated carbocycles. The van der Waals surface area contributed by atoms with E-state index in [-0.39, 0.29) is 48.1 Å². The van der Waals surface area contributed by atoms with Crippen LogP contribution in [0.1, 0.15) is 35.3 Å². The molecule has 4 rings (SSSR count). The largest absolute Gasteiger partial charge is 0.494 e. The second-order valence-electron chi connectivity index (χ2n) is 10.1.